The Kier molecular flexibility index (Phi) is 2.11. The Morgan fingerprint density at radius 2 is 2.40 bits per heavy atom. The topological polar surface area (TPSA) is 39.4 Å². The lowest BCUT2D eigenvalue weighted by Crippen LogP contribution is -1.98. The van der Waals surface area contributed by atoms with Gasteiger partial charge in [0.2, 0.25) is 0 Å². The molecule has 5 heteroatoms. The van der Waals surface area contributed by atoms with Crippen LogP contribution in [0.2, 0.25) is 5.15 Å². The van der Waals surface area contributed by atoms with E-state index in [1.807, 2.05) is 12.1 Å². The van der Waals surface area contributed by atoms with Gasteiger partial charge in [0.05, 0.1) is 0 Å². The van der Waals surface area contributed by atoms with Crippen LogP contribution in [0.5, 0.6) is 0 Å². The van der Waals surface area contributed by atoms with Crippen molar-refractivity contribution in [3.8, 4) is 0 Å². The van der Waals surface area contributed by atoms with Crippen molar-refractivity contribution in [2.75, 3.05) is 6.61 Å². The summed E-state index contributed by atoms with van der Waals surface area (Å²) >= 11 is 6.00. The maximum Gasteiger partial charge on any atom is 0.180 e. The molecule has 0 bridgehead atoms. The fraction of sp³-hybridized carbons (Fsp3) is 0.400. The van der Waals surface area contributed by atoms with Crippen LogP contribution in [0, 0.1) is 0 Å². The first-order chi connectivity index (χ1) is 7.34. The molecule has 0 spiro atoms. The van der Waals surface area contributed by atoms with Crippen LogP contribution in [-0.4, -0.2) is 21.2 Å². The van der Waals surface area contributed by atoms with Crippen molar-refractivity contribution in [3.63, 3.8) is 0 Å². The number of aromatic nitrogens is 3. The van der Waals surface area contributed by atoms with E-state index < -0.39 is 0 Å². The van der Waals surface area contributed by atoms with E-state index in [-0.39, 0.29) is 6.10 Å². The SMILES string of the molecule is Clc1cccc2nc(C3CCCO3)nn12. The molecule has 15 heavy (non-hydrogen) atoms. The highest BCUT2D eigenvalue weighted by atomic mass is 35.5. The molecule has 1 saturated heterocycles. The number of pyridine rings is 1. The summed E-state index contributed by atoms with van der Waals surface area (Å²) in [6.07, 6.45) is 2.11. The second kappa shape index (κ2) is 3.47. The monoisotopic (exact) mass is 223 g/mol. The highest BCUT2D eigenvalue weighted by molar-refractivity contribution is 6.29. The van der Waals surface area contributed by atoms with Crippen LogP contribution < -0.4 is 0 Å². The molecule has 1 fully saturated rings. The van der Waals surface area contributed by atoms with Gasteiger partial charge in [0, 0.05) is 6.61 Å². The highest BCUT2D eigenvalue weighted by Crippen LogP contribution is 2.26. The normalized spacial score (nSPS) is 21.3. The van der Waals surface area contributed by atoms with Crippen molar-refractivity contribution in [1.29, 1.82) is 0 Å². The second-order valence-electron chi connectivity index (χ2n) is 3.59. The maximum absolute atomic E-state index is 6.00. The standard InChI is InChI=1S/C10H10ClN3O/c11-8-4-1-5-9-12-10(13-14(8)9)7-3-2-6-15-7/h1,4-5,7H,2-3,6H2. The van der Waals surface area contributed by atoms with E-state index in [0.29, 0.717) is 5.15 Å². The van der Waals surface area contributed by atoms with Gasteiger partial charge in [-0.15, -0.1) is 5.10 Å². The molecule has 0 N–H and O–H groups in total. The predicted octanol–water partition coefficient (Wildman–Crippen LogP) is 2.23. The zero-order valence-corrected chi connectivity index (χ0v) is 8.81. The van der Waals surface area contributed by atoms with E-state index in [1.54, 1.807) is 10.6 Å². The Hall–Kier alpha value is -1.13. The number of nitrogens with zero attached hydrogens (tertiary/aromatic N) is 3. The Morgan fingerprint density at radius 3 is 3.13 bits per heavy atom. The van der Waals surface area contributed by atoms with Gasteiger partial charge in [-0.2, -0.15) is 0 Å². The Balaban J connectivity index is 2.09. The van der Waals surface area contributed by atoms with Crippen LogP contribution in [-0.2, 0) is 4.74 Å². The smallest absolute Gasteiger partial charge is 0.180 e. The summed E-state index contributed by atoms with van der Waals surface area (Å²) in [4.78, 5) is 4.40. The number of halogens is 1. The number of hydrogen-bond acceptors (Lipinski definition) is 3. The lowest BCUT2D eigenvalue weighted by Gasteiger charge is -2.01. The van der Waals surface area contributed by atoms with E-state index in [4.69, 9.17) is 16.3 Å². The Labute approximate surface area is 91.8 Å². The minimum atomic E-state index is 0.0426. The molecule has 2 aromatic heterocycles. The van der Waals surface area contributed by atoms with Crippen molar-refractivity contribution in [3.05, 3.63) is 29.2 Å². The molecule has 0 radical (unpaired) electrons. The molecule has 1 aliphatic heterocycles. The van der Waals surface area contributed by atoms with Gasteiger partial charge in [-0.25, -0.2) is 9.50 Å². The summed E-state index contributed by atoms with van der Waals surface area (Å²) in [6.45, 7) is 0.800. The van der Waals surface area contributed by atoms with Crippen molar-refractivity contribution in [2.45, 2.75) is 18.9 Å². The quantitative estimate of drug-likeness (QED) is 0.696. The Morgan fingerprint density at radius 1 is 1.47 bits per heavy atom. The summed E-state index contributed by atoms with van der Waals surface area (Å²) < 4.78 is 7.16. The van der Waals surface area contributed by atoms with Gasteiger partial charge in [0.1, 0.15) is 11.3 Å². The zero-order valence-electron chi connectivity index (χ0n) is 8.06. The first-order valence-corrected chi connectivity index (χ1v) is 5.35. The lowest BCUT2D eigenvalue weighted by molar-refractivity contribution is 0.105. The van der Waals surface area contributed by atoms with Crippen LogP contribution in [0.15, 0.2) is 18.2 Å². The number of fused-ring (bicyclic) bond motifs is 1. The lowest BCUT2D eigenvalue weighted by atomic mass is 10.2. The van der Waals surface area contributed by atoms with Gasteiger partial charge >= 0.3 is 0 Å². The molecule has 0 amide bonds. The van der Waals surface area contributed by atoms with Crippen molar-refractivity contribution < 1.29 is 4.74 Å². The zero-order chi connectivity index (χ0) is 10.3. The fourth-order valence-electron chi connectivity index (χ4n) is 1.81. The number of hydrogen-bond donors (Lipinski definition) is 0. The van der Waals surface area contributed by atoms with E-state index in [1.165, 1.54) is 0 Å². The summed E-state index contributed by atoms with van der Waals surface area (Å²) in [5.41, 5.74) is 0.771. The van der Waals surface area contributed by atoms with Crippen molar-refractivity contribution >= 4 is 17.2 Å². The molecule has 4 nitrogen and oxygen atoms in total. The molecule has 1 atom stereocenters. The maximum atomic E-state index is 6.00. The number of rotatable bonds is 1. The molecule has 0 saturated carbocycles. The van der Waals surface area contributed by atoms with Crippen molar-refractivity contribution in [1.82, 2.24) is 14.6 Å². The van der Waals surface area contributed by atoms with Crippen LogP contribution in [0.1, 0.15) is 24.8 Å². The summed E-state index contributed by atoms with van der Waals surface area (Å²) in [5, 5.41) is 4.92. The van der Waals surface area contributed by atoms with Crippen LogP contribution in [0.3, 0.4) is 0 Å². The van der Waals surface area contributed by atoms with Gasteiger partial charge in [0.15, 0.2) is 11.5 Å². The predicted molar refractivity (Wildman–Crippen MR) is 55.9 cm³/mol. The molecule has 0 aliphatic carbocycles. The molecule has 1 aliphatic rings. The van der Waals surface area contributed by atoms with E-state index >= 15 is 0 Å². The highest BCUT2D eigenvalue weighted by Gasteiger charge is 2.22. The third kappa shape index (κ3) is 1.50. The van der Waals surface area contributed by atoms with Gasteiger partial charge < -0.3 is 4.74 Å². The largest absolute Gasteiger partial charge is 0.370 e. The van der Waals surface area contributed by atoms with E-state index in [0.717, 1.165) is 30.9 Å². The minimum absolute atomic E-state index is 0.0426. The van der Waals surface area contributed by atoms with Gasteiger partial charge in [0.25, 0.3) is 0 Å². The van der Waals surface area contributed by atoms with E-state index in [2.05, 4.69) is 10.1 Å². The average molecular weight is 224 g/mol. The molecule has 2 aromatic rings. The fourth-order valence-corrected chi connectivity index (χ4v) is 2.00. The molecular formula is C10H10ClN3O. The first-order valence-electron chi connectivity index (χ1n) is 4.97. The third-order valence-corrected chi connectivity index (χ3v) is 2.83. The summed E-state index contributed by atoms with van der Waals surface area (Å²) in [7, 11) is 0. The molecule has 1 unspecified atom stereocenters. The summed E-state index contributed by atoms with van der Waals surface area (Å²) in [6, 6.07) is 5.55. The molecular weight excluding hydrogens is 214 g/mol. The van der Waals surface area contributed by atoms with E-state index in [9.17, 15) is 0 Å². The van der Waals surface area contributed by atoms with Crippen molar-refractivity contribution in [2.24, 2.45) is 0 Å². The van der Waals surface area contributed by atoms with Crippen LogP contribution in [0.25, 0.3) is 5.65 Å². The molecule has 0 aromatic carbocycles. The average Bonchev–Trinajstić information content (AvgIpc) is 2.86. The molecule has 3 rings (SSSR count). The second-order valence-corrected chi connectivity index (χ2v) is 3.98. The van der Waals surface area contributed by atoms with Gasteiger partial charge in [-0.05, 0) is 25.0 Å². The van der Waals surface area contributed by atoms with Crippen LogP contribution >= 0.6 is 11.6 Å². The minimum Gasteiger partial charge on any atom is -0.370 e. The van der Waals surface area contributed by atoms with Gasteiger partial charge in [-0.1, -0.05) is 17.7 Å². The number of ether oxygens (including phenoxy) is 1. The van der Waals surface area contributed by atoms with Gasteiger partial charge in [-0.3, -0.25) is 0 Å². The summed E-state index contributed by atoms with van der Waals surface area (Å²) in [5.74, 6) is 0.737. The molecule has 78 valence electrons. The van der Waals surface area contributed by atoms with Crippen LogP contribution in [0.4, 0.5) is 0 Å². The third-order valence-electron chi connectivity index (χ3n) is 2.55. The first kappa shape index (κ1) is 9.12. The molecule has 3 heterocycles. The Bertz CT molecular complexity index is 490.